The Bertz CT molecular complexity index is 399. The third-order valence-corrected chi connectivity index (χ3v) is 5.43. The minimum Gasteiger partial charge on any atom is -0.481 e. The van der Waals surface area contributed by atoms with Crippen molar-refractivity contribution in [3.63, 3.8) is 0 Å². The lowest BCUT2D eigenvalue weighted by Crippen LogP contribution is -2.47. The number of carbonyl (C=O) groups is 2. The van der Waals surface area contributed by atoms with Crippen LogP contribution in [0.1, 0.15) is 40.0 Å². The molecule has 1 heterocycles. The zero-order chi connectivity index (χ0) is 15.6. The molecule has 5 nitrogen and oxygen atoms in total. The Kier molecular flexibility index (Phi) is 5.25. The molecule has 21 heavy (non-hydrogen) atoms. The Labute approximate surface area is 127 Å². The van der Waals surface area contributed by atoms with Gasteiger partial charge in [0.05, 0.1) is 12.5 Å². The number of carbonyl (C=O) groups excluding carboxylic acids is 1. The van der Waals surface area contributed by atoms with E-state index in [0.29, 0.717) is 31.5 Å². The Morgan fingerprint density at radius 1 is 1.14 bits per heavy atom. The first kappa shape index (κ1) is 16.3. The predicted octanol–water partition coefficient (Wildman–Crippen LogP) is 1.58. The maximum atomic E-state index is 12.2. The van der Waals surface area contributed by atoms with Crippen molar-refractivity contribution in [1.29, 1.82) is 0 Å². The molecule has 120 valence electrons. The van der Waals surface area contributed by atoms with Gasteiger partial charge in [0.15, 0.2) is 0 Å². The molecule has 5 heteroatoms. The molecule has 1 saturated heterocycles. The van der Waals surface area contributed by atoms with Crippen molar-refractivity contribution in [3.8, 4) is 0 Å². The number of likely N-dealkylation sites (tertiary alicyclic amines) is 1. The molecule has 0 bridgehead atoms. The van der Waals surface area contributed by atoms with E-state index >= 15 is 0 Å². The van der Waals surface area contributed by atoms with Crippen LogP contribution in [0.2, 0.25) is 0 Å². The van der Waals surface area contributed by atoms with Gasteiger partial charge in [0.25, 0.3) is 0 Å². The van der Waals surface area contributed by atoms with Crippen molar-refractivity contribution >= 4 is 11.9 Å². The lowest BCUT2D eigenvalue weighted by Gasteiger charge is -2.35. The van der Waals surface area contributed by atoms with Crippen LogP contribution in [0.5, 0.6) is 0 Å². The monoisotopic (exact) mass is 296 g/mol. The van der Waals surface area contributed by atoms with Crippen LogP contribution >= 0.6 is 0 Å². The van der Waals surface area contributed by atoms with Gasteiger partial charge >= 0.3 is 5.97 Å². The Balaban J connectivity index is 1.81. The first-order chi connectivity index (χ1) is 9.88. The second-order valence-electron chi connectivity index (χ2n) is 7.06. The lowest BCUT2D eigenvalue weighted by atomic mass is 9.78. The summed E-state index contributed by atoms with van der Waals surface area (Å²) < 4.78 is 0. The van der Waals surface area contributed by atoms with Gasteiger partial charge in [-0.15, -0.1) is 0 Å². The van der Waals surface area contributed by atoms with Gasteiger partial charge in [-0.3, -0.25) is 14.5 Å². The summed E-state index contributed by atoms with van der Waals surface area (Å²) in [5, 5.41) is 12.3. The quantitative estimate of drug-likeness (QED) is 0.826. The Morgan fingerprint density at radius 2 is 1.86 bits per heavy atom. The van der Waals surface area contributed by atoms with Crippen LogP contribution in [0.15, 0.2) is 0 Å². The Morgan fingerprint density at radius 3 is 2.48 bits per heavy atom. The van der Waals surface area contributed by atoms with E-state index in [1.807, 2.05) is 11.8 Å². The molecule has 2 aliphatic rings. The third kappa shape index (κ3) is 3.96. The maximum absolute atomic E-state index is 12.2. The van der Waals surface area contributed by atoms with Crippen molar-refractivity contribution in [2.45, 2.75) is 46.1 Å². The van der Waals surface area contributed by atoms with Gasteiger partial charge in [-0.05, 0) is 24.2 Å². The van der Waals surface area contributed by atoms with Crippen LogP contribution < -0.4 is 5.32 Å². The SMILES string of the molecule is CC1CN(CC(=O)NC2CCCC(C)C2C)CC1C(=O)O. The highest BCUT2D eigenvalue weighted by Crippen LogP contribution is 2.29. The van der Waals surface area contributed by atoms with Crippen molar-refractivity contribution in [3.05, 3.63) is 0 Å². The van der Waals surface area contributed by atoms with Gasteiger partial charge < -0.3 is 10.4 Å². The molecule has 2 N–H and O–H groups in total. The first-order valence-corrected chi connectivity index (χ1v) is 8.13. The number of nitrogens with zero attached hydrogens (tertiary/aromatic N) is 1. The summed E-state index contributed by atoms with van der Waals surface area (Å²) >= 11 is 0. The molecule has 1 aliphatic carbocycles. The standard InChI is InChI=1S/C16H28N2O3/c1-10-5-4-6-14(12(10)3)17-15(19)9-18-7-11(2)13(8-18)16(20)21/h10-14H,4-9H2,1-3H3,(H,17,19)(H,20,21). The molecule has 2 fully saturated rings. The van der Waals surface area contributed by atoms with Crippen molar-refractivity contribution < 1.29 is 14.7 Å². The van der Waals surface area contributed by atoms with Gasteiger partial charge in [0.2, 0.25) is 5.91 Å². The molecule has 1 saturated carbocycles. The van der Waals surface area contributed by atoms with E-state index < -0.39 is 5.97 Å². The van der Waals surface area contributed by atoms with E-state index in [4.69, 9.17) is 5.11 Å². The van der Waals surface area contributed by atoms with Gasteiger partial charge in [-0.1, -0.05) is 33.6 Å². The second-order valence-corrected chi connectivity index (χ2v) is 7.06. The van der Waals surface area contributed by atoms with Crippen LogP contribution in [0.3, 0.4) is 0 Å². The molecular weight excluding hydrogens is 268 g/mol. The second kappa shape index (κ2) is 6.77. The number of hydrogen-bond acceptors (Lipinski definition) is 3. The van der Waals surface area contributed by atoms with Gasteiger partial charge in [-0.2, -0.15) is 0 Å². The van der Waals surface area contributed by atoms with Gasteiger partial charge in [0.1, 0.15) is 0 Å². The van der Waals surface area contributed by atoms with Crippen LogP contribution in [0, 0.1) is 23.7 Å². The summed E-state index contributed by atoms with van der Waals surface area (Å²) in [6, 6.07) is 0.275. The normalized spacial score (nSPS) is 37.4. The van der Waals surface area contributed by atoms with Gasteiger partial charge in [-0.25, -0.2) is 0 Å². The maximum Gasteiger partial charge on any atom is 0.308 e. The molecule has 5 unspecified atom stereocenters. The number of amides is 1. The summed E-state index contributed by atoms with van der Waals surface area (Å²) in [5.74, 6) is 0.244. The molecule has 5 atom stereocenters. The number of aliphatic carboxylic acids is 1. The zero-order valence-corrected chi connectivity index (χ0v) is 13.3. The molecular formula is C16H28N2O3. The smallest absolute Gasteiger partial charge is 0.308 e. The fourth-order valence-electron chi connectivity index (χ4n) is 3.76. The van der Waals surface area contributed by atoms with E-state index in [1.165, 1.54) is 12.8 Å². The summed E-state index contributed by atoms with van der Waals surface area (Å²) in [6.07, 6.45) is 3.49. The van der Waals surface area contributed by atoms with Crippen molar-refractivity contribution in [2.75, 3.05) is 19.6 Å². The molecule has 0 aromatic rings. The fraction of sp³-hybridized carbons (Fsp3) is 0.875. The summed E-state index contributed by atoms with van der Waals surface area (Å²) in [5.41, 5.74) is 0. The molecule has 2 rings (SSSR count). The number of carboxylic acids is 1. The van der Waals surface area contributed by atoms with Crippen LogP contribution in [0.4, 0.5) is 0 Å². The van der Waals surface area contributed by atoms with Crippen molar-refractivity contribution in [1.82, 2.24) is 10.2 Å². The van der Waals surface area contributed by atoms with Crippen molar-refractivity contribution in [2.24, 2.45) is 23.7 Å². The molecule has 1 aliphatic heterocycles. The highest BCUT2D eigenvalue weighted by Gasteiger charge is 2.36. The number of nitrogens with one attached hydrogen (secondary N) is 1. The summed E-state index contributed by atoms with van der Waals surface area (Å²) in [6.45, 7) is 7.92. The van der Waals surface area contributed by atoms with Crippen LogP contribution in [0.25, 0.3) is 0 Å². The summed E-state index contributed by atoms with van der Waals surface area (Å²) in [4.78, 5) is 25.3. The fourth-order valence-corrected chi connectivity index (χ4v) is 3.76. The minimum atomic E-state index is -0.750. The van der Waals surface area contributed by atoms with Gasteiger partial charge in [0, 0.05) is 19.1 Å². The average Bonchev–Trinajstić information content (AvgIpc) is 2.76. The highest BCUT2D eigenvalue weighted by atomic mass is 16.4. The first-order valence-electron chi connectivity index (χ1n) is 8.13. The predicted molar refractivity (Wildman–Crippen MR) is 80.8 cm³/mol. The topological polar surface area (TPSA) is 69.6 Å². The number of carboxylic acid groups (broad SMARTS) is 1. The van der Waals surface area contributed by atoms with Crippen LogP contribution in [-0.4, -0.2) is 47.6 Å². The number of rotatable bonds is 4. The minimum absolute atomic E-state index is 0.0409. The third-order valence-electron chi connectivity index (χ3n) is 5.43. The molecule has 1 amide bonds. The molecule has 0 spiro atoms. The highest BCUT2D eigenvalue weighted by molar-refractivity contribution is 5.78. The van der Waals surface area contributed by atoms with E-state index in [0.717, 1.165) is 6.42 Å². The largest absolute Gasteiger partial charge is 0.481 e. The van der Waals surface area contributed by atoms with E-state index in [9.17, 15) is 9.59 Å². The zero-order valence-electron chi connectivity index (χ0n) is 13.3. The number of hydrogen-bond donors (Lipinski definition) is 2. The molecule has 0 radical (unpaired) electrons. The molecule has 0 aromatic heterocycles. The molecule has 0 aromatic carbocycles. The lowest BCUT2D eigenvalue weighted by molar-refractivity contribution is -0.142. The Hall–Kier alpha value is -1.10. The van der Waals surface area contributed by atoms with E-state index in [2.05, 4.69) is 19.2 Å². The van der Waals surface area contributed by atoms with E-state index in [-0.39, 0.29) is 23.8 Å². The summed E-state index contributed by atoms with van der Waals surface area (Å²) in [7, 11) is 0. The van der Waals surface area contributed by atoms with E-state index in [1.54, 1.807) is 0 Å². The van der Waals surface area contributed by atoms with Crippen LogP contribution in [-0.2, 0) is 9.59 Å². The average molecular weight is 296 g/mol.